The van der Waals surface area contributed by atoms with Gasteiger partial charge in [0.1, 0.15) is 0 Å². The Hall–Kier alpha value is -0.553. The molecule has 4 nitrogen and oxygen atoms in total. The molecule has 0 aromatic rings. The molecule has 72 valence electrons. The average molecular weight is 191 g/mol. The molecule has 0 aromatic carbocycles. The molecule has 0 rings (SSSR count). The van der Waals surface area contributed by atoms with Crippen LogP contribution in [0.1, 0.15) is 13.3 Å². The minimum absolute atomic E-state index is 0.558. The summed E-state index contributed by atoms with van der Waals surface area (Å²) < 4.78 is 6.62. The van der Waals surface area contributed by atoms with E-state index in [9.17, 15) is 4.79 Å². The monoisotopic (exact) mass is 191 g/mol. The lowest BCUT2D eigenvalue weighted by Gasteiger charge is -2.32. The number of hydrogen-bond acceptors (Lipinski definition) is 2. The van der Waals surface area contributed by atoms with E-state index in [-0.39, 0.29) is 0 Å². The Morgan fingerprint density at radius 2 is 2.08 bits per heavy atom. The van der Waals surface area contributed by atoms with Crippen molar-refractivity contribution in [1.29, 1.82) is 0 Å². The van der Waals surface area contributed by atoms with Gasteiger partial charge < -0.3 is 14.1 Å². The van der Waals surface area contributed by atoms with Crippen molar-refractivity contribution in [2.75, 3.05) is 13.7 Å². The lowest BCUT2D eigenvalue weighted by atomic mass is 10.5. The van der Waals surface area contributed by atoms with Crippen molar-refractivity contribution in [2.45, 2.75) is 26.4 Å². The fourth-order valence-corrected chi connectivity index (χ4v) is 2.37. The van der Waals surface area contributed by atoms with E-state index in [1.165, 1.54) is 4.57 Å². The highest BCUT2D eigenvalue weighted by molar-refractivity contribution is 6.70. The molecule has 1 N–H and O–H groups in total. The Labute approximate surface area is 74.3 Å². The summed E-state index contributed by atoms with van der Waals surface area (Å²) in [4.78, 5) is 10.8. The van der Waals surface area contributed by atoms with Gasteiger partial charge in [-0.2, -0.15) is 0 Å². The maximum Gasteiger partial charge on any atom is 0.400 e. The van der Waals surface area contributed by atoms with Crippen LogP contribution in [-0.4, -0.2) is 37.9 Å². The molecule has 0 aliphatic heterocycles. The minimum atomic E-state index is -2.16. The van der Waals surface area contributed by atoms with Crippen molar-refractivity contribution >= 4 is 14.6 Å². The van der Waals surface area contributed by atoms with Crippen LogP contribution < -0.4 is 0 Å². The first-order valence-corrected chi connectivity index (χ1v) is 6.87. The molecule has 1 amide bonds. The molecule has 0 aliphatic carbocycles. The molecule has 0 aliphatic rings. The van der Waals surface area contributed by atoms with E-state index >= 15 is 0 Å². The van der Waals surface area contributed by atoms with E-state index in [4.69, 9.17) is 9.53 Å². The molecule has 12 heavy (non-hydrogen) atoms. The third-order valence-electron chi connectivity index (χ3n) is 1.83. The summed E-state index contributed by atoms with van der Waals surface area (Å²) in [6, 6.07) is 0. The van der Waals surface area contributed by atoms with Gasteiger partial charge in [-0.3, -0.25) is 0 Å². The van der Waals surface area contributed by atoms with Crippen LogP contribution in [0.3, 0.4) is 0 Å². The van der Waals surface area contributed by atoms with Gasteiger partial charge in [0.05, 0.1) is 0 Å². The van der Waals surface area contributed by atoms with Crippen molar-refractivity contribution in [3.05, 3.63) is 0 Å². The number of rotatable bonds is 4. The first-order valence-electron chi connectivity index (χ1n) is 4.01. The van der Waals surface area contributed by atoms with E-state index in [0.717, 1.165) is 6.42 Å². The second-order valence-electron chi connectivity index (χ2n) is 3.09. The molecule has 0 aromatic heterocycles. The Morgan fingerprint density at radius 3 is 2.33 bits per heavy atom. The number of amides is 1. The summed E-state index contributed by atoms with van der Waals surface area (Å²) in [5.74, 6) is 0. The van der Waals surface area contributed by atoms with Gasteiger partial charge in [0.2, 0.25) is 0 Å². The Bertz CT molecular complexity index is 161. The van der Waals surface area contributed by atoms with Crippen LogP contribution in [0.25, 0.3) is 0 Å². The van der Waals surface area contributed by atoms with Crippen LogP contribution >= 0.6 is 0 Å². The molecule has 0 atom stereocenters. The average Bonchev–Trinajstić information content (AvgIpc) is 1.99. The first kappa shape index (κ1) is 11.4. The van der Waals surface area contributed by atoms with Crippen molar-refractivity contribution < 1.29 is 14.3 Å². The van der Waals surface area contributed by atoms with Gasteiger partial charge in [-0.25, -0.2) is 4.79 Å². The fourth-order valence-electron chi connectivity index (χ4n) is 0.929. The van der Waals surface area contributed by atoms with E-state index in [1.54, 1.807) is 7.11 Å². The lowest BCUT2D eigenvalue weighted by molar-refractivity contribution is 0.161. The largest absolute Gasteiger partial charge is 0.465 e. The molecular weight excluding hydrogens is 174 g/mol. The highest BCUT2D eigenvalue weighted by atomic mass is 28.4. The normalized spacial score (nSPS) is 11.3. The van der Waals surface area contributed by atoms with Gasteiger partial charge in [-0.1, -0.05) is 6.92 Å². The van der Waals surface area contributed by atoms with E-state index in [0.29, 0.717) is 6.54 Å². The van der Waals surface area contributed by atoms with Gasteiger partial charge in [-0.15, -0.1) is 0 Å². The van der Waals surface area contributed by atoms with E-state index < -0.39 is 14.6 Å². The molecule has 0 saturated carbocycles. The summed E-state index contributed by atoms with van der Waals surface area (Å²) in [7, 11) is -0.590. The lowest BCUT2D eigenvalue weighted by Crippen LogP contribution is -2.53. The minimum Gasteiger partial charge on any atom is -0.465 e. The predicted molar refractivity (Wildman–Crippen MR) is 49.5 cm³/mol. The Balaban J connectivity index is 4.38. The Morgan fingerprint density at radius 1 is 1.58 bits per heavy atom. The van der Waals surface area contributed by atoms with E-state index in [2.05, 4.69) is 0 Å². The van der Waals surface area contributed by atoms with Crippen molar-refractivity contribution in [2.24, 2.45) is 0 Å². The summed E-state index contributed by atoms with van der Waals surface area (Å²) in [6.07, 6.45) is -0.0538. The SMILES string of the molecule is CCCN(C(=O)O)[Si](C)(C)OC. The Kier molecular flexibility index (Phi) is 4.26. The summed E-state index contributed by atoms with van der Waals surface area (Å²) in [6.45, 7) is 6.26. The molecule has 0 heterocycles. The van der Waals surface area contributed by atoms with Gasteiger partial charge in [0.25, 0.3) is 8.48 Å². The second kappa shape index (κ2) is 4.47. The number of nitrogens with zero attached hydrogens (tertiary/aromatic N) is 1. The van der Waals surface area contributed by atoms with Crippen LogP contribution in [0.4, 0.5) is 4.79 Å². The highest BCUT2D eigenvalue weighted by Gasteiger charge is 2.33. The van der Waals surface area contributed by atoms with Crippen LogP contribution in [0, 0.1) is 0 Å². The molecule has 0 unspecified atom stereocenters. The molecule has 0 spiro atoms. The smallest absolute Gasteiger partial charge is 0.400 e. The number of carbonyl (C=O) groups is 1. The first-order chi connectivity index (χ1) is 5.45. The molecule has 0 bridgehead atoms. The fraction of sp³-hybridized carbons (Fsp3) is 0.857. The highest BCUT2D eigenvalue weighted by Crippen LogP contribution is 2.10. The molecule has 5 heteroatoms. The van der Waals surface area contributed by atoms with Crippen LogP contribution in [0.5, 0.6) is 0 Å². The van der Waals surface area contributed by atoms with Crippen LogP contribution in [-0.2, 0) is 4.43 Å². The number of hydrogen-bond donors (Lipinski definition) is 1. The van der Waals surface area contributed by atoms with Crippen LogP contribution in [0.2, 0.25) is 13.1 Å². The molecule has 0 fully saturated rings. The second-order valence-corrected chi connectivity index (χ2v) is 6.93. The topological polar surface area (TPSA) is 49.8 Å². The van der Waals surface area contributed by atoms with Crippen LogP contribution in [0.15, 0.2) is 0 Å². The summed E-state index contributed by atoms with van der Waals surface area (Å²) in [5, 5.41) is 8.85. The van der Waals surface area contributed by atoms with E-state index in [1.807, 2.05) is 20.0 Å². The van der Waals surface area contributed by atoms with Crippen molar-refractivity contribution in [3.63, 3.8) is 0 Å². The van der Waals surface area contributed by atoms with Crippen molar-refractivity contribution in [1.82, 2.24) is 4.57 Å². The summed E-state index contributed by atoms with van der Waals surface area (Å²) in [5.41, 5.74) is 0. The summed E-state index contributed by atoms with van der Waals surface area (Å²) >= 11 is 0. The third kappa shape index (κ3) is 2.82. The molecular formula is C7H17NO3Si. The zero-order valence-corrected chi connectivity index (χ0v) is 9.13. The zero-order valence-electron chi connectivity index (χ0n) is 8.13. The predicted octanol–water partition coefficient (Wildman–Crippen LogP) is 1.72. The van der Waals surface area contributed by atoms with Crippen molar-refractivity contribution in [3.8, 4) is 0 Å². The third-order valence-corrected chi connectivity index (χ3v) is 4.54. The number of carboxylic acid groups (broad SMARTS) is 1. The quantitative estimate of drug-likeness (QED) is 0.688. The maximum absolute atomic E-state index is 10.8. The van der Waals surface area contributed by atoms with Gasteiger partial charge in [-0.05, 0) is 19.5 Å². The van der Waals surface area contributed by atoms with Gasteiger partial charge >= 0.3 is 6.09 Å². The van der Waals surface area contributed by atoms with Gasteiger partial charge in [0, 0.05) is 13.7 Å². The molecule has 0 radical (unpaired) electrons. The van der Waals surface area contributed by atoms with Gasteiger partial charge in [0.15, 0.2) is 0 Å². The zero-order chi connectivity index (χ0) is 9.78. The standard InChI is InChI=1S/C7H17NO3Si/c1-5-6-8(7(9)10)12(3,4)11-2/h5-6H2,1-4H3,(H,9,10). The maximum atomic E-state index is 10.8. The molecule has 0 saturated heterocycles.